The van der Waals surface area contributed by atoms with E-state index < -0.39 is 11.8 Å². The summed E-state index contributed by atoms with van der Waals surface area (Å²) < 4.78 is 32.8. The van der Waals surface area contributed by atoms with E-state index in [0.29, 0.717) is 53.0 Å². The summed E-state index contributed by atoms with van der Waals surface area (Å²) >= 11 is 5.82. The number of furan rings is 1. The quantitative estimate of drug-likeness (QED) is 0.318. The maximum absolute atomic E-state index is 14.1. The van der Waals surface area contributed by atoms with Crippen molar-refractivity contribution in [3.8, 4) is 5.88 Å². The summed E-state index contributed by atoms with van der Waals surface area (Å²) in [6, 6.07) is 5.97. The van der Waals surface area contributed by atoms with Crippen LogP contribution in [-0.4, -0.2) is 61.3 Å². The molecule has 2 aliphatic rings. The van der Waals surface area contributed by atoms with E-state index in [1.165, 1.54) is 18.3 Å². The third-order valence-corrected chi connectivity index (χ3v) is 7.14. The fraction of sp³-hybridized carbons (Fsp3) is 0.333. The first-order valence-corrected chi connectivity index (χ1v) is 12.9. The molecule has 0 saturated carbocycles. The highest BCUT2D eigenvalue weighted by Gasteiger charge is 2.26. The Balaban J connectivity index is 1.13. The van der Waals surface area contributed by atoms with Crippen molar-refractivity contribution in [1.82, 2.24) is 24.4 Å². The van der Waals surface area contributed by atoms with Crippen LogP contribution < -0.4 is 4.74 Å². The molecule has 6 rings (SSSR count). The first kappa shape index (κ1) is 25.5. The number of benzene rings is 1. The summed E-state index contributed by atoms with van der Waals surface area (Å²) in [7, 11) is 0. The van der Waals surface area contributed by atoms with Crippen LogP contribution in [0.3, 0.4) is 0 Å². The van der Waals surface area contributed by atoms with Crippen LogP contribution in [0.4, 0.5) is 4.39 Å². The Morgan fingerprint density at radius 3 is 2.85 bits per heavy atom. The fourth-order valence-corrected chi connectivity index (χ4v) is 4.83. The van der Waals surface area contributed by atoms with Gasteiger partial charge in [0.2, 0.25) is 17.4 Å². The summed E-state index contributed by atoms with van der Waals surface area (Å²) in [6.07, 6.45) is 7.08. The van der Waals surface area contributed by atoms with Gasteiger partial charge in [0.15, 0.2) is 0 Å². The minimum absolute atomic E-state index is 0.0172. The molecule has 3 aromatic heterocycles. The van der Waals surface area contributed by atoms with E-state index in [2.05, 4.69) is 25.9 Å². The lowest BCUT2D eigenvalue weighted by molar-refractivity contribution is -0.0591. The van der Waals surface area contributed by atoms with Crippen molar-refractivity contribution in [3.63, 3.8) is 0 Å². The SMILES string of the molecule is O=C(O)c1cc2c(nc(CN3CC=C(c4cncc(OCc5ccc(Cl)cc5F)n4)CC3)n2CC2CCO2)o1. The number of nitrogens with zero attached hydrogens (tertiary/aromatic N) is 5. The van der Waals surface area contributed by atoms with E-state index in [1.807, 2.05) is 4.57 Å². The molecule has 1 N–H and O–H groups in total. The van der Waals surface area contributed by atoms with Gasteiger partial charge in [-0.05, 0) is 30.5 Å². The van der Waals surface area contributed by atoms with Gasteiger partial charge >= 0.3 is 5.97 Å². The van der Waals surface area contributed by atoms with Gasteiger partial charge < -0.3 is 23.6 Å². The topological polar surface area (TPSA) is 116 Å². The zero-order valence-electron chi connectivity index (χ0n) is 20.8. The van der Waals surface area contributed by atoms with E-state index in [-0.39, 0.29) is 18.5 Å². The Kier molecular flexibility index (Phi) is 7.03. The number of carbonyl (C=O) groups is 1. The van der Waals surface area contributed by atoms with Crippen molar-refractivity contribution >= 4 is 34.4 Å². The number of halogens is 2. The second-order valence-electron chi connectivity index (χ2n) is 9.51. The zero-order chi connectivity index (χ0) is 26.9. The van der Waals surface area contributed by atoms with E-state index in [0.717, 1.165) is 37.4 Å². The monoisotopic (exact) mass is 553 g/mol. The molecule has 0 radical (unpaired) electrons. The summed E-state index contributed by atoms with van der Waals surface area (Å²) in [6.45, 7) is 3.36. The molecule has 10 nitrogen and oxygen atoms in total. The van der Waals surface area contributed by atoms with E-state index in [9.17, 15) is 14.3 Å². The molecule has 12 heteroatoms. The van der Waals surface area contributed by atoms with Crippen LogP contribution in [0.5, 0.6) is 5.88 Å². The smallest absolute Gasteiger partial charge is 0.371 e. The number of rotatable bonds is 9. The molecule has 0 bridgehead atoms. The number of aromatic nitrogens is 4. The predicted octanol–water partition coefficient (Wildman–Crippen LogP) is 4.57. The number of carboxylic acids is 1. The van der Waals surface area contributed by atoms with E-state index in [4.69, 9.17) is 25.5 Å². The Hall–Kier alpha value is -3.80. The number of aromatic carboxylic acids is 1. The Labute approximate surface area is 227 Å². The van der Waals surface area contributed by atoms with Gasteiger partial charge in [-0.2, -0.15) is 4.98 Å². The van der Waals surface area contributed by atoms with Crippen LogP contribution >= 0.6 is 11.6 Å². The van der Waals surface area contributed by atoms with Crippen molar-refractivity contribution in [2.45, 2.75) is 38.6 Å². The average Bonchev–Trinajstić information content (AvgIpc) is 3.45. The average molecular weight is 554 g/mol. The van der Waals surface area contributed by atoms with Gasteiger partial charge in [-0.15, -0.1) is 0 Å². The third kappa shape index (κ3) is 5.51. The van der Waals surface area contributed by atoms with Crippen LogP contribution in [0, 0.1) is 5.82 Å². The number of hydrogen-bond donors (Lipinski definition) is 1. The summed E-state index contributed by atoms with van der Waals surface area (Å²) in [5, 5.41) is 9.62. The lowest BCUT2D eigenvalue weighted by Crippen LogP contribution is -2.33. The molecule has 1 aromatic carbocycles. The van der Waals surface area contributed by atoms with Gasteiger partial charge in [0.25, 0.3) is 0 Å². The number of imidazole rings is 1. The molecule has 4 aromatic rings. The van der Waals surface area contributed by atoms with Crippen LogP contribution in [0.25, 0.3) is 16.8 Å². The van der Waals surface area contributed by atoms with Crippen molar-refractivity contribution < 1.29 is 28.2 Å². The number of ether oxygens (including phenoxy) is 2. The highest BCUT2D eigenvalue weighted by molar-refractivity contribution is 6.30. The van der Waals surface area contributed by atoms with Crippen LogP contribution in [-0.2, 0) is 24.4 Å². The van der Waals surface area contributed by atoms with Crippen molar-refractivity contribution in [2.75, 3.05) is 19.7 Å². The Morgan fingerprint density at radius 2 is 2.13 bits per heavy atom. The Morgan fingerprint density at radius 1 is 1.26 bits per heavy atom. The van der Waals surface area contributed by atoms with Gasteiger partial charge in [0.05, 0.1) is 37.3 Å². The van der Waals surface area contributed by atoms with Gasteiger partial charge in [-0.3, -0.25) is 9.88 Å². The van der Waals surface area contributed by atoms with E-state index >= 15 is 0 Å². The minimum atomic E-state index is -1.12. The van der Waals surface area contributed by atoms with Gasteiger partial charge in [0, 0.05) is 36.3 Å². The molecule has 1 saturated heterocycles. The first-order valence-electron chi connectivity index (χ1n) is 12.6. The molecule has 39 heavy (non-hydrogen) atoms. The van der Waals surface area contributed by atoms with E-state index in [1.54, 1.807) is 18.3 Å². The normalized spacial score (nSPS) is 17.7. The molecule has 5 heterocycles. The first-order chi connectivity index (χ1) is 18.9. The summed E-state index contributed by atoms with van der Waals surface area (Å²) in [4.78, 5) is 27.0. The molecular weight excluding hydrogens is 529 g/mol. The number of carboxylic acid groups (broad SMARTS) is 1. The van der Waals surface area contributed by atoms with Crippen molar-refractivity contribution in [1.29, 1.82) is 0 Å². The van der Waals surface area contributed by atoms with Crippen molar-refractivity contribution in [3.05, 3.63) is 76.4 Å². The van der Waals surface area contributed by atoms with Crippen molar-refractivity contribution in [2.24, 2.45) is 0 Å². The maximum Gasteiger partial charge on any atom is 0.371 e. The molecule has 202 valence electrons. The molecule has 0 spiro atoms. The fourth-order valence-electron chi connectivity index (χ4n) is 4.67. The molecule has 1 unspecified atom stereocenters. The lowest BCUT2D eigenvalue weighted by Gasteiger charge is -2.29. The van der Waals surface area contributed by atoms with Crippen LogP contribution in [0.1, 0.15) is 40.5 Å². The van der Waals surface area contributed by atoms with Gasteiger partial charge in [0.1, 0.15) is 23.8 Å². The van der Waals surface area contributed by atoms with Crippen LogP contribution in [0.15, 0.2) is 47.2 Å². The van der Waals surface area contributed by atoms with Crippen LogP contribution in [0.2, 0.25) is 5.02 Å². The molecule has 0 aliphatic carbocycles. The summed E-state index contributed by atoms with van der Waals surface area (Å²) in [5.74, 6) is -0.563. The minimum Gasteiger partial charge on any atom is -0.475 e. The molecular formula is C27H25ClFN5O5. The largest absolute Gasteiger partial charge is 0.475 e. The lowest BCUT2D eigenvalue weighted by atomic mass is 10.1. The molecule has 2 aliphatic heterocycles. The number of fused-ring (bicyclic) bond motifs is 1. The predicted molar refractivity (Wildman–Crippen MR) is 139 cm³/mol. The number of hydrogen-bond acceptors (Lipinski definition) is 8. The maximum atomic E-state index is 14.1. The molecule has 1 fully saturated rings. The van der Waals surface area contributed by atoms with Gasteiger partial charge in [-0.1, -0.05) is 23.7 Å². The zero-order valence-corrected chi connectivity index (χ0v) is 21.6. The highest BCUT2D eigenvalue weighted by Crippen LogP contribution is 2.27. The Bertz CT molecular complexity index is 1560. The molecule has 1 atom stereocenters. The standard InChI is InChI=1S/C27H25ClFN5O5/c28-18-2-1-17(20(29)9-18)15-38-25-12-30-11-21(31-25)16-3-6-33(7-4-16)14-24-32-26-22(10-23(39-26)27(35)36)34(24)13-19-5-8-37-19/h1-3,9-12,19H,4-8,13-15H2,(H,35,36). The summed E-state index contributed by atoms with van der Waals surface area (Å²) in [5.41, 5.74) is 3.13. The second-order valence-corrected chi connectivity index (χ2v) is 9.94. The highest BCUT2D eigenvalue weighted by atomic mass is 35.5. The molecule has 0 amide bonds. The second kappa shape index (κ2) is 10.8. The third-order valence-electron chi connectivity index (χ3n) is 6.91. The van der Waals surface area contributed by atoms with Gasteiger partial charge in [-0.25, -0.2) is 14.2 Å².